The Morgan fingerprint density at radius 3 is 3.50 bits per heavy atom. The van der Waals surface area contributed by atoms with Gasteiger partial charge in [0, 0.05) is 18.6 Å². The van der Waals surface area contributed by atoms with Crippen LogP contribution in [-0.2, 0) is 17.8 Å². The molecule has 0 fully saturated rings. The lowest BCUT2D eigenvalue weighted by Gasteiger charge is -1.92. The highest BCUT2D eigenvalue weighted by Crippen LogP contribution is 2.14. The number of aryl methyl sites for hydroxylation is 1. The maximum Gasteiger partial charge on any atom is 0.142 e. The maximum absolute atomic E-state index is 5.28. The summed E-state index contributed by atoms with van der Waals surface area (Å²) in [5.41, 5.74) is 1.11. The Morgan fingerprint density at radius 2 is 2.50 bits per heavy atom. The summed E-state index contributed by atoms with van der Waals surface area (Å²) in [7, 11) is 0. The maximum atomic E-state index is 5.28. The molecule has 0 N–H and O–H groups in total. The quantitative estimate of drug-likeness (QED) is 0.540. The molecule has 0 atom stereocenters. The summed E-state index contributed by atoms with van der Waals surface area (Å²) in [6.45, 7) is 1.50. The van der Waals surface area contributed by atoms with E-state index in [1.165, 1.54) is 0 Å². The zero-order valence-electron chi connectivity index (χ0n) is 5.67. The van der Waals surface area contributed by atoms with Crippen molar-refractivity contribution in [1.82, 2.24) is 5.16 Å². The first-order chi connectivity index (χ1) is 4.97. The summed E-state index contributed by atoms with van der Waals surface area (Å²) < 4.78 is 10.3. The van der Waals surface area contributed by atoms with E-state index in [1.807, 2.05) is 0 Å². The predicted octanol–water partition coefficient (Wildman–Crippen LogP) is 1.14. The number of hydrogen-bond donors (Lipinski definition) is 0. The highest BCUT2D eigenvalue weighted by molar-refractivity contribution is 5.12. The van der Waals surface area contributed by atoms with E-state index in [9.17, 15) is 0 Å². The molecule has 0 spiro atoms. The molecule has 10 heavy (non-hydrogen) atoms. The molecule has 0 unspecified atom stereocenters. The molecule has 0 aliphatic carbocycles. The number of rotatable bonds is 0. The van der Waals surface area contributed by atoms with E-state index >= 15 is 0 Å². The fourth-order valence-electron chi connectivity index (χ4n) is 1.13. The van der Waals surface area contributed by atoms with E-state index in [0.29, 0.717) is 6.61 Å². The molecule has 1 aromatic heterocycles. The molecule has 0 saturated heterocycles. The molecule has 2 rings (SSSR count). The monoisotopic (exact) mass is 139 g/mol. The van der Waals surface area contributed by atoms with Gasteiger partial charge in [-0.2, -0.15) is 0 Å². The number of ether oxygens (including phenoxy) is 1. The minimum atomic E-state index is 0.666. The van der Waals surface area contributed by atoms with E-state index in [-0.39, 0.29) is 0 Å². The van der Waals surface area contributed by atoms with Gasteiger partial charge in [-0.15, -0.1) is 0 Å². The highest BCUT2D eigenvalue weighted by Gasteiger charge is 2.10. The molecule has 54 valence electrons. The number of fused-ring (bicyclic) bond motifs is 1. The smallest absolute Gasteiger partial charge is 0.142 e. The van der Waals surface area contributed by atoms with Crippen molar-refractivity contribution in [3.05, 3.63) is 17.5 Å². The molecule has 0 aromatic carbocycles. The predicted molar refractivity (Wildman–Crippen MR) is 34.5 cm³/mol. The third-order valence-corrected chi connectivity index (χ3v) is 1.68. The van der Waals surface area contributed by atoms with Gasteiger partial charge >= 0.3 is 0 Å². The van der Waals surface area contributed by atoms with Gasteiger partial charge in [0.1, 0.15) is 5.76 Å². The van der Waals surface area contributed by atoms with Crippen LogP contribution in [0.5, 0.6) is 0 Å². The summed E-state index contributed by atoms with van der Waals surface area (Å²) in [5, 5.41) is 3.69. The van der Waals surface area contributed by atoms with Gasteiger partial charge in [0.05, 0.1) is 12.8 Å². The molecule has 0 amide bonds. The van der Waals surface area contributed by atoms with Crippen molar-refractivity contribution in [1.29, 1.82) is 0 Å². The Bertz CT molecular complexity index is 199. The van der Waals surface area contributed by atoms with Crippen molar-refractivity contribution < 1.29 is 9.26 Å². The van der Waals surface area contributed by atoms with Gasteiger partial charge in [-0.1, -0.05) is 5.16 Å². The first-order valence-corrected chi connectivity index (χ1v) is 3.47. The molecule has 1 aliphatic rings. The van der Waals surface area contributed by atoms with E-state index in [4.69, 9.17) is 9.26 Å². The average molecular weight is 139 g/mol. The Labute approximate surface area is 59.0 Å². The summed E-state index contributed by atoms with van der Waals surface area (Å²) in [5.74, 6) is 0.998. The minimum absolute atomic E-state index is 0.666. The zero-order valence-corrected chi connectivity index (χ0v) is 5.67. The first-order valence-electron chi connectivity index (χ1n) is 3.47. The molecule has 0 saturated carbocycles. The van der Waals surface area contributed by atoms with Crippen LogP contribution >= 0.6 is 0 Å². The van der Waals surface area contributed by atoms with Crippen molar-refractivity contribution in [2.75, 3.05) is 6.61 Å². The normalized spacial score (nSPS) is 18.0. The van der Waals surface area contributed by atoms with Crippen LogP contribution < -0.4 is 0 Å². The van der Waals surface area contributed by atoms with E-state index in [2.05, 4.69) is 5.16 Å². The molecular formula is C7H9NO2. The lowest BCUT2D eigenvalue weighted by Crippen LogP contribution is -1.89. The molecule has 0 bridgehead atoms. The van der Waals surface area contributed by atoms with E-state index in [0.717, 1.165) is 30.8 Å². The Kier molecular flexibility index (Phi) is 1.43. The fourth-order valence-corrected chi connectivity index (χ4v) is 1.13. The second-order valence-electron chi connectivity index (χ2n) is 2.43. The summed E-state index contributed by atoms with van der Waals surface area (Å²) >= 11 is 0. The fraction of sp³-hybridized carbons (Fsp3) is 0.571. The van der Waals surface area contributed by atoms with Gasteiger partial charge < -0.3 is 9.26 Å². The number of nitrogens with zero attached hydrogens (tertiary/aromatic N) is 1. The average Bonchev–Trinajstić information content (AvgIpc) is 2.28. The Morgan fingerprint density at radius 1 is 1.50 bits per heavy atom. The van der Waals surface area contributed by atoms with Crippen molar-refractivity contribution in [3.8, 4) is 0 Å². The van der Waals surface area contributed by atoms with Crippen LogP contribution in [0.3, 0.4) is 0 Å². The van der Waals surface area contributed by atoms with Crippen molar-refractivity contribution in [2.24, 2.45) is 0 Å². The van der Waals surface area contributed by atoms with Gasteiger partial charge in [0.2, 0.25) is 0 Å². The Balaban J connectivity index is 2.28. The van der Waals surface area contributed by atoms with Crippen LogP contribution in [0.4, 0.5) is 0 Å². The standard InChI is InChI=1S/C7H9NO2/c1-2-7-6(4-8-10-7)5-9-3-1/h4H,1-3,5H2. The van der Waals surface area contributed by atoms with Crippen molar-refractivity contribution in [3.63, 3.8) is 0 Å². The SMILES string of the molecule is c1noc2c1COCCC2. The number of aromatic nitrogens is 1. The van der Waals surface area contributed by atoms with Gasteiger partial charge in [0.25, 0.3) is 0 Å². The molecule has 1 aromatic rings. The number of hydrogen-bond acceptors (Lipinski definition) is 3. The van der Waals surface area contributed by atoms with E-state index in [1.54, 1.807) is 6.20 Å². The van der Waals surface area contributed by atoms with Gasteiger partial charge in [-0.25, -0.2) is 0 Å². The van der Waals surface area contributed by atoms with Crippen LogP contribution in [0.2, 0.25) is 0 Å². The third kappa shape index (κ3) is 0.926. The van der Waals surface area contributed by atoms with Crippen LogP contribution in [0.1, 0.15) is 17.7 Å². The van der Waals surface area contributed by atoms with Crippen LogP contribution in [-0.4, -0.2) is 11.8 Å². The van der Waals surface area contributed by atoms with Crippen molar-refractivity contribution >= 4 is 0 Å². The third-order valence-electron chi connectivity index (χ3n) is 1.68. The molecule has 0 radical (unpaired) electrons. The van der Waals surface area contributed by atoms with Gasteiger partial charge in [-0.05, 0) is 6.42 Å². The van der Waals surface area contributed by atoms with Gasteiger partial charge in [-0.3, -0.25) is 0 Å². The molecule has 1 aliphatic heterocycles. The largest absolute Gasteiger partial charge is 0.377 e. The second kappa shape index (κ2) is 2.42. The van der Waals surface area contributed by atoms with Crippen molar-refractivity contribution in [2.45, 2.75) is 19.4 Å². The Hall–Kier alpha value is -0.830. The molecule has 3 nitrogen and oxygen atoms in total. The lowest BCUT2D eigenvalue weighted by molar-refractivity contribution is 0.125. The first kappa shape index (κ1) is 5.92. The summed E-state index contributed by atoms with van der Waals surface area (Å²) in [6.07, 6.45) is 3.75. The van der Waals surface area contributed by atoms with Gasteiger partial charge in [0.15, 0.2) is 0 Å². The molecule has 3 heteroatoms. The zero-order chi connectivity index (χ0) is 6.81. The van der Waals surface area contributed by atoms with E-state index < -0.39 is 0 Å². The summed E-state index contributed by atoms with van der Waals surface area (Å²) in [4.78, 5) is 0. The van der Waals surface area contributed by atoms with Crippen LogP contribution in [0.15, 0.2) is 10.7 Å². The minimum Gasteiger partial charge on any atom is -0.377 e. The van der Waals surface area contributed by atoms with Crippen LogP contribution in [0, 0.1) is 0 Å². The molecule has 2 heterocycles. The highest BCUT2D eigenvalue weighted by atomic mass is 16.5. The lowest BCUT2D eigenvalue weighted by atomic mass is 10.2. The molecular weight excluding hydrogens is 130 g/mol. The summed E-state index contributed by atoms with van der Waals surface area (Å²) in [6, 6.07) is 0. The topological polar surface area (TPSA) is 35.3 Å². The second-order valence-corrected chi connectivity index (χ2v) is 2.43. The van der Waals surface area contributed by atoms with Crippen LogP contribution in [0.25, 0.3) is 0 Å².